The summed E-state index contributed by atoms with van der Waals surface area (Å²) in [6.45, 7) is -0.0498. The lowest BCUT2D eigenvalue weighted by molar-refractivity contribution is 0.278. The first-order valence-electron chi connectivity index (χ1n) is 7.26. The van der Waals surface area contributed by atoms with E-state index >= 15 is 0 Å². The second-order valence-electron chi connectivity index (χ2n) is 5.08. The fraction of sp³-hybridized carbons (Fsp3) is 0.200. The number of hydrogen-bond acceptors (Lipinski definition) is 6. The normalized spacial score (nSPS) is 11.4. The number of rotatable bonds is 5. The van der Waals surface area contributed by atoms with Crippen molar-refractivity contribution in [2.24, 2.45) is 12.1 Å². The van der Waals surface area contributed by atoms with E-state index in [0.717, 1.165) is 5.56 Å². The van der Waals surface area contributed by atoms with Crippen molar-refractivity contribution in [3.8, 4) is 0 Å². The van der Waals surface area contributed by atoms with E-state index in [0.29, 0.717) is 0 Å². The van der Waals surface area contributed by atoms with E-state index in [2.05, 4.69) is 20.5 Å². The summed E-state index contributed by atoms with van der Waals surface area (Å²) in [5.41, 5.74) is 2.94. The number of aromatic amines is 1. The van der Waals surface area contributed by atoms with Gasteiger partial charge in [-0.1, -0.05) is 30.3 Å². The van der Waals surface area contributed by atoms with Crippen LogP contribution in [-0.2, 0) is 13.6 Å². The Morgan fingerprint density at radius 1 is 1.33 bits per heavy atom. The Bertz CT molecular complexity index is 1000. The zero-order valence-electron chi connectivity index (χ0n) is 12.9. The molecule has 1 aromatic carbocycles. The van der Waals surface area contributed by atoms with Crippen LogP contribution in [0.2, 0.25) is 0 Å². The molecule has 2 aromatic heterocycles. The van der Waals surface area contributed by atoms with Gasteiger partial charge in [-0.05, 0) is 5.56 Å². The molecule has 0 unspecified atom stereocenters. The quantitative estimate of drug-likeness (QED) is 0.445. The number of aliphatic hydroxyl groups is 1. The monoisotopic (exact) mass is 328 g/mol. The molecule has 9 nitrogen and oxygen atoms in total. The smallest absolute Gasteiger partial charge is 0.329 e. The molecule has 0 aliphatic carbocycles. The molecule has 3 rings (SSSR count). The number of fused-ring (bicyclic) bond motifs is 1. The number of aryl methyl sites for hydroxylation is 1. The number of aromatic nitrogens is 4. The lowest BCUT2D eigenvalue weighted by Crippen LogP contribution is -2.29. The van der Waals surface area contributed by atoms with E-state index < -0.39 is 11.2 Å². The molecule has 0 spiro atoms. The first-order valence-corrected chi connectivity index (χ1v) is 7.26. The van der Waals surface area contributed by atoms with Crippen molar-refractivity contribution in [2.45, 2.75) is 6.54 Å². The van der Waals surface area contributed by atoms with E-state index in [4.69, 9.17) is 0 Å². The molecule has 0 aliphatic heterocycles. The first kappa shape index (κ1) is 15.7. The molecule has 2 heterocycles. The van der Waals surface area contributed by atoms with Crippen molar-refractivity contribution in [2.75, 3.05) is 12.0 Å². The van der Waals surface area contributed by atoms with Crippen LogP contribution in [-0.4, -0.2) is 37.0 Å². The maximum atomic E-state index is 12.1. The minimum Gasteiger partial charge on any atom is -0.395 e. The molecule has 0 saturated carbocycles. The van der Waals surface area contributed by atoms with E-state index in [1.54, 1.807) is 6.21 Å². The van der Waals surface area contributed by atoms with E-state index in [1.165, 1.54) is 16.2 Å². The fourth-order valence-corrected chi connectivity index (χ4v) is 2.34. The topological polar surface area (TPSA) is 117 Å². The van der Waals surface area contributed by atoms with Crippen LogP contribution in [0.3, 0.4) is 0 Å². The Morgan fingerprint density at radius 2 is 2.08 bits per heavy atom. The van der Waals surface area contributed by atoms with Gasteiger partial charge in [0.2, 0.25) is 5.95 Å². The van der Waals surface area contributed by atoms with Gasteiger partial charge >= 0.3 is 5.69 Å². The molecule has 0 bridgehead atoms. The molecule has 0 radical (unpaired) electrons. The van der Waals surface area contributed by atoms with Gasteiger partial charge in [0.05, 0.1) is 12.8 Å². The Hall–Kier alpha value is -3.20. The first-order chi connectivity index (χ1) is 11.6. The van der Waals surface area contributed by atoms with Crippen molar-refractivity contribution < 1.29 is 5.11 Å². The van der Waals surface area contributed by atoms with Gasteiger partial charge in [-0.2, -0.15) is 10.1 Å². The van der Waals surface area contributed by atoms with Crippen LogP contribution in [0.1, 0.15) is 5.56 Å². The molecular formula is C15H16N6O3. The number of nitrogens with zero attached hydrogens (tertiary/aromatic N) is 4. The number of anilines is 1. The van der Waals surface area contributed by atoms with Crippen molar-refractivity contribution in [1.29, 1.82) is 0 Å². The zero-order valence-corrected chi connectivity index (χ0v) is 12.9. The van der Waals surface area contributed by atoms with Crippen LogP contribution in [0, 0.1) is 0 Å². The summed E-state index contributed by atoms with van der Waals surface area (Å²) in [6.07, 6.45) is 1.60. The number of benzene rings is 1. The minimum atomic E-state index is -0.561. The van der Waals surface area contributed by atoms with Gasteiger partial charge in [0, 0.05) is 13.6 Å². The lowest BCUT2D eigenvalue weighted by atomic mass is 10.2. The largest absolute Gasteiger partial charge is 0.395 e. The Kier molecular flexibility index (Phi) is 4.25. The maximum Gasteiger partial charge on any atom is 0.329 e. The van der Waals surface area contributed by atoms with Crippen LogP contribution < -0.4 is 16.7 Å². The third kappa shape index (κ3) is 2.84. The van der Waals surface area contributed by atoms with Crippen LogP contribution in [0.4, 0.5) is 5.95 Å². The molecule has 0 fully saturated rings. The summed E-state index contributed by atoms with van der Waals surface area (Å²) in [7, 11) is 1.51. The second-order valence-corrected chi connectivity index (χ2v) is 5.08. The van der Waals surface area contributed by atoms with Gasteiger partial charge in [0.15, 0.2) is 11.2 Å². The summed E-state index contributed by atoms with van der Waals surface area (Å²) >= 11 is 0. The van der Waals surface area contributed by atoms with Crippen molar-refractivity contribution >= 4 is 23.3 Å². The van der Waals surface area contributed by atoms with Gasteiger partial charge in [-0.3, -0.25) is 14.3 Å². The number of imidazole rings is 1. The highest BCUT2D eigenvalue weighted by Crippen LogP contribution is 2.14. The van der Waals surface area contributed by atoms with Crippen LogP contribution in [0.5, 0.6) is 0 Å². The third-order valence-corrected chi connectivity index (χ3v) is 3.51. The average molecular weight is 328 g/mol. The molecule has 3 N–H and O–H groups in total. The van der Waals surface area contributed by atoms with Gasteiger partial charge in [0.1, 0.15) is 0 Å². The minimum absolute atomic E-state index is 0.140. The molecular weight excluding hydrogens is 312 g/mol. The molecule has 0 saturated heterocycles. The predicted octanol–water partition coefficient (Wildman–Crippen LogP) is -0.138. The predicted molar refractivity (Wildman–Crippen MR) is 90.3 cm³/mol. The van der Waals surface area contributed by atoms with Crippen molar-refractivity contribution in [3.05, 3.63) is 56.7 Å². The van der Waals surface area contributed by atoms with Crippen molar-refractivity contribution in [3.63, 3.8) is 0 Å². The van der Waals surface area contributed by atoms with Gasteiger partial charge in [0.25, 0.3) is 5.56 Å². The number of nitrogens with one attached hydrogen (secondary N) is 2. The molecule has 0 aliphatic rings. The highest BCUT2D eigenvalue weighted by molar-refractivity contribution is 5.80. The SMILES string of the molecule is Cn1c(=O)[nH]c(=O)c2c1nc(N/N=C\c1ccccc1)n2CCO. The maximum absolute atomic E-state index is 12.1. The summed E-state index contributed by atoms with van der Waals surface area (Å²) < 4.78 is 2.71. The standard InChI is InChI=1S/C15H16N6O3/c1-20-12-11(13(23)18-15(20)24)21(7-8-22)14(17-12)19-16-9-10-5-3-2-4-6-10/h2-6,9,22H,7-8H2,1H3,(H,17,19)(H,18,23,24)/b16-9-. The summed E-state index contributed by atoms with van der Waals surface area (Å²) in [4.78, 5) is 30.2. The average Bonchev–Trinajstić information content (AvgIpc) is 2.93. The highest BCUT2D eigenvalue weighted by Gasteiger charge is 2.16. The molecule has 9 heteroatoms. The number of H-pyrrole nitrogens is 1. The molecule has 24 heavy (non-hydrogen) atoms. The second kappa shape index (κ2) is 6.50. The number of hydrazone groups is 1. The van der Waals surface area contributed by atoms with Crippen LogP contribution in [0.15, 0.2) is 45.0 Å². The molecule has 0 atom stereocenters. The molecule has 124 valence electrons. The number of aliphatic hydroxyl groups excluding tert-OH is 1. The van der Waals surface area contributed by atoms with Crippen LogP contribution in [0.25, 0.3) is 11.2 Å². The van der Waals surface area contributed by atoms with Gasteiger partial charge in [-0.25, -0.2) is 10.2 Å². The third-order valence-electron chi connectivity index (χ3n) is 3.51. The van der Waals surface area contributed by atoms with E-state index in [-0.39, 0.29) is 30.3 Å². The Labute approximate surface area is 135 Å². The fourth-order valence-electron chi connectivity index (χ4n) is 2.34. The molecule has 0 amide bonds. The van der Waals surface area contributed by atoms with Crippen molar-refractivity contribution in [1.82, 2.24) is 19.1 Å². The molecule has 3 aromatic rings. The number of hydrogen-bond donors (Lipinski definition) is 3. The lowest BCUT2D eigenvalue weighted by Gasteiger charge is -2.05. The van der Waals surface area contributed by atoms with E-state index in [1.807, 2.05) is 30.3 Å². The summed E-state index contributed by atoms with van der Waals surface area (Å²) in [5.74, 6) is 0.262. The Morgan fingerprint density at radius 3 is 2.79 bits per heavy atom. The van der Waals surface area contributed by atoms with Crippen LogP contribution >= 0.6 is 0 Å². The Balaban J connectivity index is 2.04. The summed E-state index contributed by atoms with van der Waals surface area (Å²) in [5, 5.41) is 13.3. The summed E-state index contributed by atoms with van der Waals surface area (Å²) in [6, 6.07) is 9.44. The zero-order chi connectivity index (χ0) is 17.1. The van der Waals surface area contributed by atoms with Gasteiger partial charge in [-0.15, -0.1) is 0 Å². The van der Waals surface area contributed by atoms with Gasteiger partial charge < -0.3 is 9.67 Å². The highest BCUT2D eigenvalue weighted by atomic mass is 16.3. The van der Waals surface area contributed by atoms with E-state index in [9.17, 15) is 14.7 Å².